The second-order valence-corrected chi connectivity index (χ2v) is 9.02. The van der Waals surface area contributed by atoms with Gasteiger partial charge in [0.1, 0.15) is 16.0 Å². The lowest BCUT2D eigenvalue weighted by atomic mass is 9.94. The van der Waals surface area contributed by atoms with Crippen LogP contribution >= 0.6 is 22.7 Å². The van der Waals surface area contributed by atoms with Crippen LogP contribution in [0.1, 0.15) is 51.3 Å². The minimum atomic E-state index is -0.672. The Bertz CT molecular complexity index is 1160. The maximum atomic E-state index is 14.9. The van der Waals surface area contributed by atoms with Crippen LogP contribution in [0.25, 0.3) is 20.4 Å². The summed E-state index contributed by atoms with van der Waals surface area (Å²) in [6, 6.07) is 5.49. The zero-order valence-corrected chi connectivity index (χ0v) is 20.1. The molecule has 2 N–H and O–H groups in total. The minimum Gasteiger partial charge on any atom is -0.350 e. The number of fused-ring (bicyclic) bond motifs is 2. The molecule has 8 heteroatoms. The van der Waals surface area contributed by atoms with Gasteiger partial charge in [0.2, 0.25) is 0 Å². The monoisotopic (exact) mass is 462 g/mol. The number of pyridine rings is 1. The van der Waals surface area contributed by atoms with Crippen molar-refractivity contribution in [2.24, 2.45) is 0 Å². The molecule has 3 aromatic heterocycles. The van der Waals surface area contributed by atoms with Crippen molar-refractivity contribution in [1.29, 1.82) is 0 Å². The Balaban J connectivity index is 0.00000132. The third-order valence-electron chi connectivity index (χ3n) is 5.26. The molecule has 31 heavy (non-hydrogen) atoms. The zero-order valence-electron chi connectivity index (χ0n) is 18.4. The van der Waals surface area contributed by atoms with E-state index in [4.69, 9.17) is 0 Å². The molecule has 0 saturated carbocycles. The molecule has 4 aromatic rings. The number of nitrogens with one attached hydrogen (secondary N) is 2. The Labute approximate surface area is 189 Å². The van der Waals surface area contributed by atoms with Gasteiger partial charge >= 0.3 is 0 Å². The van der Waals surface area contributed by atoms with Crippen molar-refractivity contribution >= 4 is 54.5 Å². The number of benzene rings is 1. The summed E-state index contributed by atoms with van der Waals surface area (Å²) in [5.41, 5.74) is 2.15. The van der Waals surface area contributed by atoms with E-state index in [1.807, 2.05) is 20.9 Å². The fraction of sp³-hybridized carbons (Fsp3) is 0.391. The van der Waals surface area contributed by atoms with Gasteiger partial charge in [-0.3, -0.25) is 0 Å². The van der Waals surface area contributed by atoms with Gasteiger partial charge < -0.3 is 10.6 Å². The Kier molecular flexibility index (Phi) is 7.91. The number of aromatic nitrogens is 2. The van der Waals surface area contributed by atoms with Gasteiger partial charge in [0, 0.05) is 28.4 Å². The first-order valence-corrected chi connectivity index (χ1v) is 12.3. The number of rotatable bonds is 7. The lowest BCUT2D eigenvalue weighted by molar-refractivity contribution is 0.470. The summed E-state index contributed by atoms with van der Waals surface area (Å²) in [6.45, 7) is 8.35. The molecular weight excluding hydrogens is 434 g/mol. The van der Waals surface area contributed by atoms with Crippen LogP contribution in [0.4, 0.5) is 20.2 Å². The first kappa shape index (κ1) is 23.5. The molecule has 3 heterocycles. The first-order valence-electron chi connectivity index (χ1n) is 10.6. The van der Waals surface area contributed by atoms with Crippen LogP contribution in [0.15, 0.2) is 29.9 Å². The van der Waals surface area contributed by atoms with E-state index in [1.165, 1.54) is 27.8 Å². The van der Waals surface area contributed by atoms with Crippen LogP contribution in [0.5, 0.6) is 0 Å². The largest absolute Gasteiger partial charge is 0.350 e. The van der Waals surface area contributed by atoms with Crippen LogP contribution in [0.3, 0.4) is 0 Å². The summed E-state index contributed by atoms with van der Waals surface area (Å²) >= 11 is 2.85. The van der Waals surface area contributed by atoms with Crippen LogP contribution in [0.2, 0.25) is 0 Å². The number of hydrogen-bond acceptors (Lipinski definition) is 6. The van der Waals surface area contributed by atoms with Crippen molar-refractivity contribution in [1.82, 2.24) is 15.3 Å². The SMILES string of the molecule is CC.CCCC(c1cc2c(Nc3c(F)cc4scnc4c3F)ccnc2s1)C(C)NC. The fourth-order valence-corrected chi connectivity index (χ4v) is 5.55. The lowest BCUT2D eigenvalue weighted by Gasteiger charge is -2.21. The molecule has 0 bridgehead atoms. The van der Waals surface area contributed by atoms with E-state index in [2.05, 4.69) is 40.5 Å². The quantitative estimate of drug-likeness (QED) is 0.299. The Morgan fingerprint density at radius 1 is 1.16 bits per heavy atom. The highest BCUT2D eigenvalue weighted by Gasteiger charge is 2.22. The highest BCUT2D eigenvalue weighted by atomic mass is 32.1. The number of halogens is 2. The van der Waals surface area contributed by atoms with E-state index in [0.717, 1.165) is 23.1 Å². The van der Waals surface area contributed by atoms with Gasteiger partial charge in [-0.1, -0.05) is 27.2 Å². The zero-order chi connectivity index (χ0) is 22.5. The van der Waals surface area contributed by atoms with Crippen molar-refractivity contribution in [3.8, 4) is 0 Å². The van der Waals surface area contributed by atoms with E-state index >= 15 is 0 Å². The summed E-state index contributed by atoms with van der Waals surface area (Å²) in [4.78, 5) is 10.6. The number of nitrogens with zero attached hydrogens (tertiary/aromatic N) is 2. The predicted molar refractivity (Wildman–Crippen MR) is 130 cm³/mol. The maximum absolute atomic E-state index is 14.9. The van der Waals surface area contributed by atoms with Gasteiger partial charge in [-0.15, -0.1) is 22.7 Å². The molecule has 0 fully saturated rings. The molecule has 0 radical (unpaired) electrons. The number of likely N-dealkylation sites (N-methyl/N-ethyl adjacent to an activating group) is 1. The Morgan fingerprint density at radius 2 is 1.94 bits per heavy atom. The lowest BCUT2D eigenvalue weighted by Crippen LogP contribution is -2.28. The summed E-state index contributed by atoms with van der Waals surface area (Å²) in [5, 5.41) is 7.17. The van der Waals surface area contributed by atoms with Crippen molar-refractivity contribution in [3.63, 3.8) is 0 Å². The molecular formula is C23H28F2N4S2. The van der Waals surface area contributed by atoms with E-state index in [9.17, 15) is 8.78 Å². The number of hydrogen-bond donors (Lipinski definition) is 2. The van der Waals surface area contributed by atoms with Crippen molar-refractivity contribution < 1.29 is 8.78 Å². The van der Waals surface area contributed by atoms with Crippen molar-refractivity contribution in [2.45, 2.75) is 52.5 Å². The summed E-state index contributed by atoms with van der Waals surface area (Å²) < 4.78 is 29.9. The van der Waals surface area contributed by atoms with E-state index in [-0.39, 0.29) is 11.2 Å². The normalized spacial score (nSPS) is 13.1. The van der Waals surface area contributed by atoms with Gasteiger partial charge in [-0.25, -0.2) is 18.7 Å². The molecule has 0 aliphatic rings. The number of thiazole rings is 1. The predicted octanol–water partition coefficient (Wildman–Crippen LogP) is 7.45. The van der Waals surface area contributed by atoms with E-state index in [1.54, 1.807) is 23.6 Å². The molecule has 2 atom stereocenters. The highest BCUT2D eigenvalue weighted by molar-refractivity contribution is 7.18. The van der Waals surface area contributed by atoms with Gasteiger partial charge in [0.15, 0.2) is 11.6 Å². The second-order valence-electron chi connectivity index (χ2n) is 7.07. The number of anilines is 2. The highest BCUT2D eigenvalue weighted by Crippen LogP contribution is 2.39. The average Bonchev–Trinajstić information content (AvgIpc) is 3.43. The second kappa shape index (κ2) is 10.4. The van der Waals surface area contributed by atoms with Crippen LogP contribution in [-0.4, -0.2) is 23.1 Å². The standard InChI is InChI=1S/C21H22F2N4S2.C2H6/c1-4-5-12(11(2)24-3)16-8-13-15(6-7-25-21(13)29-16)27-19-14(22)9-17-20(18(19)23)26-10-28-17;1-2/h6-12,24H,4-5H2,1-3H3,(H,25,27);1-2H3. The van der Waals surface area contributed by atoms with Gasteiger partial charge in [-0.05, 0) is 38.6 Å². The summed E-state index contributed by atoms with van der Waals surface area (Å²) in [7, 11) is 1.96. The fourth-order valence-electron chi connectivity index (χ4n) is 3.58. The molecule has 0 spiro atoms. The summed E-state index contributed by atoms with van der Waals surface area (Å²) in [5.74, 6) is -0.946. The molecule has 4 nitrogen and oxygen atoms in total. The van der Waals surface area contributed by atoms with Gasteiger partial charge in [0.25, 0.3) is 0 Å². The first-order chi connectivity index (χ1) is 15.0. The van der Waals surface area contributed by atoms with Crippen LogP contribution in [0, 0.1) is 11.6 Å². The molecule has 0 aliphatic carbocycles. The topological polar surface area (TPSA) is 49.8 Å². The molecule has 2 unspecified atom stereocenters. The Morgan fingerprint density at radius 3 is 2.65 bits per heavy atom. The maximum Gasteiger partial charge on any atom is 0.176 e. The summed E-state index contributed by atoms with van der Waals surface area (Å²) in [6.07, 6.45) is 3.80. The Hall–Kier alpha value is -2.16. The molecule has 0 aliphatic heterocycles. The molecule has 166 valence electrons. The van der Waals surface area contributed by atoms with E-state index < -0.39 is 11.6 Å². The third kappa shape index (κ3) is 4.71. The van der Waals surface area contributed by atoms with Crippen molar-refractivity contribution in [3.05, 3.63) is 46.4 Å². The molecule has 0 amide bonds. The van der Waals surface area contributed by atoms with E-state index in [0.29, 0.717) is 22.3 Å². The van der Waals surface area contributed by atoms with Gasteiger partial charge in [-0.2, -0.15) is 0 Å². The van der Waals surface area contributed by atoms with Crippen LogP contribution in [-0.2, 0) is 0 Å². The number of thiophene rings is 1. The third-order valence-corrected chi connectivity index (χ3v) is 7.21. The molecule has 0 saturated heterocycles. The van der Waals surface area contributed by atoms with Gasteiger partial charge in [0.05, 0.1) is 15.9 Å². The molecule has 1 aromatic carbocycles. The van der Waals surface area contributed by atoms with Crippen molar-refractivity contribution in [2.75, 3.05) is 12.4 Å². The average molecular weight is 463 g/mol. The van der Waals surface area contributed by atoms with Crippen LogP contribution < -0.4 is 10.6 Å². The minimum absolute atomic E-state index is 0.182. The smallest absolute Gasteiger partial charge is 0.176 e. The molecule has 4 rings (SSSR count).